The summed E-state index contributed by atoms with van der Waals surface area (Å²) in [6.45, 7) is 9.29. The Labute approximate surface area is 352 Å². The summed E-state index contributed by atoms with van der Waals surface area (Å²) in [7, 11) is 0. The molecule has 0 aliphatic carbocycles. The van der Waals surface area contributed by atoms with Crippen LogP contribution in [0.25, 0.3) is 32.3 Å². The van der Waals surface area contributed by atoms with E-state index in [0.717, 1.165) is 0 Å². The lowest BCUT2D eigenvalue weighted by Crippen LogP contribution is -2.58. The number of aryl methyl sites for hydroxylation is 4. The third kappa shape index (κ3) is 4.91. The lowest BCUT2D eigenvalue weighted by molar-refractivity contribution is 1.30. The van der Waals surface area contributed by atoms with Gasteiger partial charge in [-0.15, -0.1) is 0 Å². The third-order valence-electron chi connectivity index (χ3n) is 13.6. The third-order valence-corrected chi connectivity index (χ3v) is 13.6. The van der Waals surface area contributed by atoms with Crippen LogP contribution in [0.2, 0.25) is 0 Å². The number of hydrogen-bond acceptors (Lipinski definition) is 2. The first-order chi connectivity index (χ1) is 29.5. The Kier molecular flexibility index (Phi) is 7.72. The molecule has 0 N–H and O–H groups in total. The lowest BCUT2D eigenvalue weighted by Gasteiger charge is -2.40. The van der Waals surface area contributed by atoms with E-state index in [0.29, 0.717) is 0 Å². The largest absolute Gasteiger partial charge is 0.311 e. The highest BCUT2D eigenvalue weighted by Crippen LogP contribution is 2.48. The van der Waals surface area contributed by atoms with E-state index in [-0.39, 0.29) is 13.4 Å². The molecule has 2 aliphatic rings. The first-order valence-corrected chi connectivity index (χ1v) is 21.3. The molecule has 12 rings (SSSR count). The monoisotopic (exact) mass is 764 g/mol. The summed E-state index contributed by atoms with van der Waals surface area (Å²) in [5.41, 5.74) is 20.8. The Morgan fingerprint density at radius 1 is 0.333 bits per heavy atom. The molecule has 2 nitrogen and oxygen atoms in total. The first-order valence-electron chi connectivity index (χ1n) is 21.3. The average Bonchev–Trinajstić information content (AvgIpc) is 3.28. The predicted molar refractivity (Wildman–Crippen MR) is 261 cm³/mol. The van der Waals surface area contributed by atoms with Crippen molar-refractivity contribution < 1.29 is 0 Å². The van der Waals surface area contributed by atoms with E-state index in [2.05, 4.69) is 219 Å². The summed E-state index contributed by atoms with van der Waals surface area (Å²) in [4.78, 5) is 5.08. The molecular weight excluding hydrogens is 722 g/mol. The van der Waals surface area contributed by atoms with Crippen LogP contribution in [0.4, 0.5) is 34.1 Å². The number of rotatable bonds is 4. The van der Waals surface area contributed by atoms with Crippen molar-refractivity contribution in [2.24, 2.45) is 0 Å². The molecule has 282 valence electrons. The van der Waals surface area contributed by atoms with Crippen LogP contribution in [-0.2, 0) is 0 Å². The number of fused-ring (bicyclic) bond motifs is 6. The summed E-state index contributed by atoms with van der Waals surface area (Å²) in [6.07, 6.45) is 0. The Bertz CT molecular complexity index is 3070. The molecule has 0 radical (unpaired) electrons. The van der Waals surface area contributed by atoms with Gasteiger partial charge >= 0.3 is 0 Å². The zero-order valence-electron chi connectivity index (χ0n) is 34.4. The number of benzene rings is 10. The van der Waals surface area contributed by atoms with Crippen molar-refractivity contribution in [2.45, 2.75) is 27.7 Å². The van der Waals surface area contributed by atoms with Gasteiger partial charge in [0.25, 0.3) is 0 Å². The van der Waals surface area contributed by atoms with Crippen molar-refractivity contribution in [1.29, 1.82) is 0 Å². The van der Waals surface area contributed by atoms with Gasteiger partial charge < -0.3 is 9.80 Å². The predicted octanol–water partition coefficient (Wildman–Crippen LogP) is 10.4. The van der Waals surface area contributed by atoms with E-state index in [1.165, 1.54) is 121 Å². The fourth-order valence-electron chi connectivity index (χ4n) is 11.2. The standard InChI is InChI=1S/C56H42B2N2/c1-35-17-15-18-36(2)53(35)57-45-25-11-13-27-49(45)59(41-21-7-5-8-22-41)55-43-31-30-40-34-48-56(44-32-29-39(33-47(55)57)51(43)52(40)44)60(42-23-9-6-10-24-42)50-28-14-12-26-46(50)58(48)54-37(3)19-16-20-38(54)4/h5-34H,1-4H3. The first kappa shape index (κ1) is 35.0. The molecule has 2 aliphatic heterocycles. The molecule has 4 heteroatoms. The maximum Gasteiger partial charge on any atom is 0.247 e. The number of nitrogens with zero attached hydrogens (tertiary/aromatic N) is 2. The molecule has 60 heavy (non-hydrogen) atoms. The zero-order chi connectivity index (χ0) is 40.2. The molecule has 10 aromatic rings. The molecule has 0 saturated carbocycles. The minimum absolute atomic E-state index is 0.0789. The molecule has 0 spiro atoms. The van der Waals surface area contributed by atoms with E-state index in [4.69, 9.17) is 0 Å². The van der Waals surface area contributed by atoms with E-state index >= 15 is 0 Å². The molecular formula is C56H42B2N2. The summed E-state index contributed by atoms with van der Waals surface area (Å²) >= 11 is 0. The topological polar surface area (TPSA) is 6.48 Å². The fourth-order valence-corrected chi connectivity index (χ4v) is 11.2. The second-order valence-corrected chi connectivity index (χ2v) is 17.0. The maximum absolute atomic E-state index is 2.54. The average molecular weight is 765 g/mol. The van der Waals surface area contributed by atoms with Gasteiger partial charge in [0.2, 0.25) is 13.4 Å². The smallest absolute Gasteiger partial charge is 0.247 e. The summed E-state index contributed by atoms with van der Waals surface area (Å²) in [5, 5.41) is 7.76. The van der Waals surface area contributed by atoms with Crippen LogP contribution in [0.1, 0.15) is 22.3 Å². The fraction of sp³-hybridized carbons (Fsp3) is 0.0714. The summed E-state index contributed by atoms with van der Waals surface area (Å²) in [5.74, 6) is 0. The second-order valence-electron chi connectivity index (χ2n) is 17.0. The van der Waals surface area contributed by atoms with Crippen molar-refractivity contribution in [3.05, 3.63) is 204 Å². The minimum Gasteiger partial charge on any atom is -0.311 e. The Hall–Kier alpha value is -7.03. The molecule has 0 fully saturated rings. The summed E-state index contributed by atoms with van der Waals surface area (Å²) in [6, 6.07) is 68.4. The van der Waals surface area contributed by atoms with Crippen LogP contribution in [0.15, 0.2) is 182 Å². The summed E-state index contributed by atoms with van der Waals surface area (Å²) < 4.78 is 0. The van der Waals surface area contributed by atoms with Crippen LogP contribution >= 0.6 is 0 Å². The normalized spacial score (nSPS) is 13.2. The Morgan fingerprint density at radius 2 is 0.700 bits per heavy atom. The quantitative estimate of drug-likeness (QED) is 0.130. The van der Waals surface area contributed by atoms with Crippen molar-refractivity contribution in [3.63, 3.8) is 0 Å². The van der Waals surface area contributed by atoms with Gasteiger partial charge in [-0.3, -0.25) is 0 Å². The van der Waals surface area contributed by atoms with Gasteiger partial charge in [0, 0.05) is 44.9 Å². The molecule has 0 bridgehead atoms. The zero-order valence-corrected chi connectivity index (χ0v) is 34.4. The van der Waals surface area contributed by atoms with E-state index in [1.54, 1.807) is 0 Å². The van der Waals surface area contributed by atoms with Gasteiger partial charge in [0.05, 0.1) is 0 Å². The van der Waals surface area contributed by atoms with Gasteiger partial charge in [0.15, 0.2) is 0 Å². The number of hydrogen-bond donors (Lipinski definition) is 0. The van der Waals surface area contributed by atoms with Crippen LogP contribution in [-0.4, -0.2) is 13.4 Å². The van der Waals surface area contributed by atoms with Crippen molar-refractivity contribution >= 4 is 113 Å². The molecule has 2 heterocycles. The molecule has 0 amide bonds. The van der Waals surface area contributed by atoms with Crippen molar-refractivity contribution in [2.75, 3.05) is 9.80 Å². The van der Waals surface area contributed by atoms with Gasteiger partial charge in [-0.05, 0) is 107 Å². The van der Waals surface area contributed by atoms with Crippen LogP contribution in [0.5, 0.6) is 0 Å². The van der Waals surface area contributed by atoms with E-state index in [1.807, 2.05) is 0 Å². The second kappa shape index (κ2) is 13.2. The Balaban J connectivity index is 1.23. The lowest BCUT2D eigenvalue weighted by atomic mass is 9.33. The molecule has 0 saturated heterocycles. The van der Waals surface area contributed by atoms with Crippen molar-refractivity contribution in [1.82, 2.24) is 0 Å². The van der Waals surface area contributed by atoms with Gasteiger partial charge in [-0.25, -0.2) is 0 Å². The maximum atomic E-state index is 2.54. The van der Waals surface area contributed by atoms with Gasteiger partial charge in [-0.1, -0.05) is 179 Å². The van der Waals surface area contributed by atoms with Gasteiger partial charge in [-0.2, -0.15) is 0 Å². The highest BCUT2D eigenvalue weighted by Gasteiger charge is 2.41. The SMILES string of the molecule is Cc1cccc(C)c1B1c2ccccc2N(c2ccccc2)c2c1cc1ccc3c4c(cc5ccc2c1c53)B(c1c(C)cccc1C)c1ccccc1N4c1ccccc1. The van der Waals surface area contributed by atoms with E-state index < -0.39 is 0 Å². The van der Waals surface area contributed by atoms with E-state index in [9.17, 15) is 0 Å². The molecule has 0 aromatic heterocycles. The highest BCUT2D eigenvalue weighted by atomic mass is 15.2. The number of anilines is 6. The molecule has 10 aromatic carbocycles. The van der Waals surface area contributed by atoms with Gasteiger partial charge in [0.1, 0.15) is 0 Å². The van der Waals surface area contributed by atoms with Crippen LogP contribution < -0.4 is 42.6 Å². The molecule has 0 atom stereocenters. The Morgan fingerprint density at radius 3 is 1.10 bits per heavy atom. The van der Waals surface area contributed by atoms with Crippen LogP contribution in [0.3, 0.4) is 0 Å². The minimum atomic E-state index is 0.0789. The number of para-hydroxylation sites is 4. The molecule has 0 unspecified atom stereocenters. The van der Waals surface area contributed by atoms with Crippen molar-refractivity contribution in [3.8, 4) is 0 Å². The highest BCUT2D eigenvalue weighted by molar-refractivity contribution is 6.99. The van der Waals surface area contributed by atoms with Crippen LogP contribution in [0, 0.1) is 27.7 Å².